The van der Waals surface area contributed by atoms with Gasteiger partial charge in [-0.05, 0) is 37.3 Å². The minimum Gasteiger partial charge on any atom is -0.325 e. The molecule has 4 rings (SSSR count). The molecule has 29 heavy (non-hydrogen) atoms. The van der Waals surface area contributed by atoms with Gasteiger partial charge >= 0.3 is 5.69 Å². The molecule has 0 aliphatic heterocycles. The van der Waals surface area contributed by atoms with E-state index in [1.54, 1.807) is 35.4 Å². The van der Waals surface area contributed by atoms with Crippen LogP contribution in [0.4, 0.5) is 5.69 Å². The summed E-state index contributed by atoms with van der Waals surface area (Å²) in [5.74, 6) is 0.793. The van der Waals surface area contributed by atoms with Crippen molar-refractivity contribution in [2.75, 3.05) is 11.1 Å². The van der Waals surface area contributed by atoms with Crippen molar-refractivity contribution in [1.29, 1.82) is 0 Å². The SMILES string of the molecule is Cc1nnc(SCC(=O)Nc2ccc3c(c2)n(C)c(=O)n3C)n1-c1ccccc1. The molecule has 8 nitrogen and oxygen atoms in total. The summed E-state index contributed by atoms with van der Waals surface area (Å²) < 4.78 is 5.06. The summed E-state index contributed by atoms with van der Waals surface area (Å²) in [5.41, 5.74) is 3.08. The molecular formula is C20H20N6O2S. The normalized spacial score (nSPS) is 11.1. The Morgan fingerprint density at radius 1 is 1.03 bits per heavy atom. The lowest BCUT2D eigenvalue weighted by Crippen LogP contribution is -2.19. The Bertz CT molecular complexity index is 1260. The van der Waals surface area contributed by atoms with Crippen molar-refractivity contribution in [2.45, 2.75) is 12.1 Å². The minimum atomic E-state index is -0.157. The van der Waals surface area contributed by atoms with E-state index in [1.807, 2.05) is 47.9 Å². The number of carbonyl (C=O) groups excluding carboxylic acids is 1. The van der Waals surface area contributed by atoms with Gasteiger partial charge in [-0.2, -0.15) is 0 Å². The lowest BCUT2D eigenvalue weighted by Gasteiger charge is -2.09. The van der Waals surface area contributed by atoms with Crippen molar-refractivity contribution in [3.63, 3.8) is 0 Å². The quantitative estimate of drug-likeness (QED) is 0.513. The number of imidazole rings is 1. The molecular weight excluding hydrogens is 388 g/mol. The van der Waals surface area contributed by atoms with Crippen LogP contribution >= 0.6 is 11.8 Å². The largest absolute Gasteiger partial charge is 0.328 e. The summed E-state index contributed by atoms with van der Waals surface area (Å²) in [5, 5.41) is 11.9. The van der Waals surface area contributed by atoms with Gasteiger partial charge in [-0.25, -0.2) is 4.79 Å². The number of nitrogens with one attached hydrogen (secondary N) is 1. The number of hydrogen-bond acceptors (Lipinski definition) is 5. The molecule has 4 aromatic rings. The summed E-state index contributed by atoms with van der Waals surface area (Å²) in [4.78, 5) is 24.5. The molecule has 0 spiro atoms. The van der Waals surface area contributed by atoms with Gasteiger partial charge in [0.1, 0.15) is 5.82 Å². The van der Waals surface area contributed by atoms with Crippen molar-refractivity contribution >= 4 is 34.4 Å². The van der Waals surface area contributed by atoms with Crippen LogP contribution in [0.5, 0.6) is 0 Å². The number of aromatic nitrogens is 5. The number of thioether (sulfide) groups is 1. The summed E-state index contributed by atoms with van der Waals surface area (Å²) >= 11 is 1.32. The highest BCUT2D eigenvalue weighted by Crippen LogP contribution is 2.22. The Morgan fingerprint density at radius 3 is 2.52 bits per heavy atom. The van der Waals surface area contributed by atoms with Gasteiger partial charge in [0.15, 0.2) is 5.16 Å². The Morgan fingerprint density at radius 2 is 1.76 bits per heavy atom. The van der Waals surface area contributed by atoms with Crippen molar-refractivity contribution in [2.24, 2.45) is 14.1 Å². The van der Waals surface area contributed by atoms with E-state index >= 15 is 0 Å². The Labute approximate surface area is 171 Å². The molecule has 0 radical (unpaired) electrons. The molecule has 1 amide bonds. The van der Waals surface area contributed by atoms with Crippen LogP contribution in [0.25, 0.3) is 16.7 Å². The standard InChI is InChI=1S/C20H20N6O2S/c1-13-22-23-19(26(13)15-7-5-4-6-8-15)29-12-18(27)21-14-9-10-16-17(11-14)25(3)20(28)24(16)2/h4-11H,12H2,1-3H3,(H,21,27). The van der Waals surface area contributed by atoms with Crippen LogP contribution in [0, 0.1) is 6.92 Å². The average molecular weight is 408 g/mol. The zero-order valence-corrected chi connectivity index (χ0v) is 17.1. The molecule has 0 saturated carbocycles. The van der Waals surface area contributed by atoms with E-state index < -0.39 is 0 Å². The molecule has 0 fully saturated rings. The average Bonchev–Trinajstić information content (AvgIpc) is 3.20. The molecule has 148 valence electrons. The van der Waals surface area contributed by atoms with Crippen LogP contribution in [-0.2, 0) is 18.9 Å². The fourth-order valence-electron chi connectivity index (χ4n) is 3.22. The van der Waals surface area contributed by atoms with Gasteiger partial charge in [-0.1, -0.05) is 30.0 Å². The van der Waals surface area contributed by atoms with Gasteiger partial charge < -0.3 is 5.32 Å². The van der Waals surface area contributed by atoms with E-state index in [2.05, 4.69) is 15.5 Å². The maximum Gasteiger partial charge on any atom is 0.328 e. The number of nitrogens with zero attached hydrogens (tertiary/aromatic N) is 5. The van der Waals surface area contributed by atoms with Crippen molar-refractivity contribution in [3.8, 4) is 5.69 Å². The molecule has 0 bridgehead atoms. The Balaban J connectivity index is 1.49. The topological polar surface area (TPSA) is 86.7 Å². The van der Waals surface area contributed by atoms with E-state index in [4.69, 9.17) is 0 Å². The number of carbonyl (C=O) groups is 1. The van der Waals surface area contributed by atoms with Crippen LogP contribution in [0.2, 0.25) is 0 Å². The first kappa shape index (κ1) is 19.0. The number of benzene rings is 2. The number of aryl methyl sites for hydroxylation is 3. The van der Waals surface area contributed by atoms with Crippen molar-refractivity contribution < 1.29 is 4.79 Å². The summed E-state index contributed by atoms with van der Waals surface area (Å²) in [7, 11) is 3.44. The second kappa shape index (κ2) is 7.59. The third-order valence-corrected chi connectivity index (χ3v) is 5.63. The van der Waals surface area contributed by atoms with Gasteiger partial charge in [0.05, 0.1) is 16.8 Å². The molecule has 0 unspecified atom stereocenters. The zero-order chi connectivity index (χ0) is 20.5. The first-order chi connectivity index (χ1) is 14.0. The molecule has 1 N–H and O–H groups in total. The molecule has 0 aliphatic rings. The number of fused-ring (bicyclic) bond motifs is 1. The predicted molar refractivity (Wildman–Crippen MR) is 114 cm³/mol. The molecule has 0 aliphatic carbocycles. The van der Waals surface area contributed by atoms with Gasteiger partial charge in [-0.15, -0.1) is 10.2 Å². The van der Waals surface area contributed by atoms with Crippen LogP contribution in [0.3, 0.4) is 0 Å². The van der Waals surface area contributed by atoms with E-state index in [1.165, 1.54) is 11.8 Å². The highest BCUT2D eigenvalue weighted by Gasteiger charge is 2.14. The summed E-state index contributed by atoms with van der Waals surface area (Å²) in [6.07, 6.45) is 0. The Hall–Kier alpha value is -3.33. The van der Waals surface area contributed by atoms with Crippen LogP contribution < -0.4 is 11.0 Å². The number of amides is 1. The second-order valence-corrected chi connectivity index (χ2v) is 7.58. The summed E-state index contributed by atoms with van der Waals surface area (Å²) in [6.45, 7) is 1.88. The lowest BCUT2D eigenvalue weighted by atomic mass is 10.2. The van der Waals surface area contributed by atoms with Crippen LogP contribution in [0.15, 0.2) is 58.5 Å². The fourth-order valence-corrected chi connectivity index (χ4v) is 4.02. The number of hydrogen-bond donors (Lipinski definition) is 1. The fraction of sp³-hybridized carbons (Fsp3) is 0.200. The third-order valence-electron chi connectivity index (χ3n) is 4.70. The Kier molecular flexibility index (Phi) is 4.98. The maximum absolute atomic E-state index is 12.5. The van der Waals surface area contributed by atoms with Gasteiger partial charge in [0.2, 0.25) is 5.91 Å². The van der Waals surface area contributed by atoms with E-state index in [0.29, 0.717) is 10.8 Å². The van der Waals surface area contributed by atoms with Crippen LogP contribution in [0.1, 0.15) is 5.82 Å². The van der Waals surface area contributed by atoms with Gasteiger partial charge in [0.25, 0.3) is 0 Å². The highest BCUT2D eigenvalue weighted by molar-refractivity contribution is 7.99. The molecule has 0 saturated heterocycles. The maximum atomic E-state index is 12.5. The zero-order valence-electron chi connectivity index (χ0n) is 16.3. The first-order valence-corrected chi connectivity index (χ1v) is 10.00. The number of rotatable bonds is 5. The van der Waals surface area contributed by atoms with Crippen molar-refractivity contribution in [3.05, 3.63) is 64.8 Å². The first-order valence-electron chi connectivity index (χ1n) is 9.01. The number of para-hydroxylation sites is 1. The number of anilines is 1. The second-order valence-electron chi connectivity index (χ2n) is 6.64. The molecule has 0 atom stereocenters. The van der Waals surface area contributed by atoms with Crippen molar-refractivity contribution in [1.82, 2.24) is 23.9 Å². The summed E-state index contributed by atoms with van der Waals surface area (Å²) in [6, 6.07) is 15.2. The monoisotopic (exact) mass is 408 g/mol. The van der Waals surface area contributed by atoms with E-state index in [9.17, 15) is 9.59 Å². The third kappa shape index (κ3) is 3.56. The van der Waals surface area contributed by atoms with Gasteiger partial charge in [0, 0.05) is 25.5 Å². The molecule has 2 aromatic carbocycles. The lowest BCUT2D eigenvalue weighted by molar-refractivity contribution is -0.113. The molecule has 2 heterocycles. The van der Waals surface area contributed by atoms with E-state index in [0.717, 1.165) is 22.5 Å². The van der Waals surface area contributed by atoms with E-state index in [-0.39, 0.29) is 17.3 Å². The minimum absolute atomic E-state index is 0.102. The van der Waals surface area contributed by atoms with Gasteiger partial charge in [-0.3, -0.25) is 18.5 Å². The van der Waals surface area contributed by atoms with Crippen LogP contribution in [-0.4, -0.2) is 35.6 Å². The molecule has 9 heteroatoms. The molecule has 2 aromatic heterocycles. The highest BCUT2D eigenvalue weighted by atomic mass is 32.2. The smallest absolute Gasteiger partial charge is 0.325 e. The predicted octanol–water partition coefficient (Wildman–Crippen LogP) is 2.50.